The van der Waals surface area contributed by atoms with Crippen molar-refractivity contribution in [2.24, 2.45) is 5.92 Å². The molecule has 1 aliphatic heterocycles. The van der Waals surface area contributed by atoms with Crippen LogP contribution in [0, 0.1) is 17.2 Å². The van der Waals surface area contributed by atoms with Gasteiger partial charge in [0, 0.05) is 25.6 Å². The summed E-state index contributed by atoms with van der Waals surface area (Å²) < 4.78 is 0. The average Bonchev–Trinajstić information content (AvgIpc) is 2.29. The zero-order valence-corrected chi connectivity index (χ0v) is 10.9. The lowest BCUT2D eigenvalue weighted by Crippen LogP contribution is -2.44. The van der Waals surface area contributed by atoms with E-state index in [9.17, 15) is 4.79 Å². The van der Waals surface area contributed by atoms with Crippen LogP contribution in [-0.4, -0.2) is 36.5 Å². The molecule has 1 fully saturated rings. The summed E-state index contributed by atoms with van der Waals surface area (Å²) in [4.78, 5) is 13.8. The third kappa shape index (κ3) is 5.69. The van der Waals surface area contributed by atoms with E-state index in [1.807, 2.05) is 0 Å². The van der Waals surface area contributed by atoms with E-state index in [1.54, 1.807) is 0 Å². The maximum atomic E-state index is 11.6. The summed E-state index contributed by atoms with van der Waals surface area (Å²) in [6, 6.07) is 2.47. The highest BCUT2D eigenvalue weighted by Crippen LogP contribution is 2.10. The second-order valence-corrected chi connectivity index (χ2v) is 5.21. The summed E-state index contributed by atoms with van der Waals surface area (Å²) in [5, 5.41) is 11.7. The van der Waals surface area contributed by atoms with Crippen molar-refractivity contribution in [1.82, 2.24) is 10.2 Å². The van der Waals surface area contributed by atoms with Crippen molar-refractivity contribution in [3.8, 4) is 6.07 Å². The van der Waals surface area contributed by atoms with Gasteiger partial charge in [0.1, 0.15) is 0 Å². The molecule has 0 aromatic rings. The van der Waals surface area contributed by atoms with Gasteiger partial charge in [-0.2, -0.15) is 5.26 Å². The number of nitrogens with zero attached hydrogens (tertiary/aromatic N) is 2. The predicted octanol–water partition coefficient (Wildman–Crippen LogP) is 1.53. The number of rotatable bonds is 5. The Bertz CT molecular complexity index is 275. The molecule has 0 spiro atoms. The lowest BCUT2D eigenvalue weighted by atomic mass is 10.0. The van der Waals surface area contributed by atoms with Crippen molar-refractivity contribution in [1.29, 1.82) is 5.26 Å². The van der Waals surface area contributed by atoms with Crippen molar-refractivity contribution >= 4 is 5.91 Å². The maximum absolute atomic E-state index is 11.6. The van der Waals surface area contributed by atoms with Crippen LogP contribution in [0.3, 0.4) is 0 Å². The maximum Gasteiger partial charge on any atom is 0.220 e. The molecule has 1 heterocycles. The number of nitrogens with one attached hydrogen (secondary N) is 1. The minimum absolute atomic E-state index is 0.178. The van der Waals surface area contributed by atoms with Gasteiger partial charge < -0.3 is 5.32 Å². The molecule has 0 atom stereocenters. The Balaban J connectivity index is 2.17. The molecule has 0 radical (unpaired) electrons. The van der Waals surface area contributed by atoms with Crippen LogP contribution < -0.4 is 5.32 Å². The zero-order valence-electron chi connectivity index (χ0n) is 10.9. The fourth-order valence-corrected chi connectivity index (χ4v) is 2.06. The number of hydrogen-bond acceptors (Lipinski definition) is 3. The van der Waals surface area contributed by atoms with Crippen molar-refractivity contribution in [3.63, 3.8) is 0 Å². The zero-order chi connectivity index (χ0) is 12.7. The molecule has 0 aromatic carbocycles. The van der Waals surface area contributed by atoms with Gasteiger partial charge in [-0.3, -0.25) is 9.69 Å². The third-order valence-electron chi connectivity index (χ3n) is 3.20. The summed E-state index contributed by atoms with van der Waals surface area (Å²) >= 11 is 0. The van der Waals surface area contributed by atoms with Crippen molar-refractivity contribution in [2.45, 2.75) is 45.6 Å². The standard InChI is InChI=1S/C13H23N3O/c1-11(2)3-4-13(17)15-12-5-8-16(9-6-12)10-7-14/h11-12H,3-6,8-10H2,1-2H3,(H,15,17). The first-order valence-electron chi connectivity index (χ1n) is 6.50. The average molecular weight is 237 g/mol. The number of hydrogen-bond donors (Lipinski definition) is 1. The second kappa shape index (κ2) is 7.29. The Kier molecular flexibility index (Phi) is 5.99. The van der Waals surface area contributed by atoms with Crippen molar-refractivity contribution in [3.05, 3.63) is 0 Å². The molecule has 1 amide bonds. The van der Waals surface area contributed by atoms with E-state index >= 15 is 0 Å². The number of amides is 1. The van der Waals surface area contributed by atoms with E-state index in [0.717, 1.165) is 32.4 Å². The molecule has 17 heavy (non-hydrogen) atoms. The SMILES string of the molecule is CC(C)CCC(=O)NC1CCN(CC#N)CC1. The van der Waals surface area contributed by atoms with E-state index in [1.165, 1.54) is 0 Å². The van der Waals surface area contributed by atoms with Crippen LogP contribution in [-0.2, 0) is 4.79 Å². The van der Waals surface area contributed by atoms with Crippen LogP contribution in [0.1, 0.15) is 39.5 Å². The van der Waals surface area contributed by atoms with Crippen molar-refractivity contribution in [2.75, 3.05) is 19.6 Å². The van der Waals surface area contributed by atoms with Crippen molar-refractivity contribution < 1.29 is 4.79 Å². The van der Waals surface area contributed by atoms with Crippen LogP contribution in [0.25, 0.3) is 0 Å². The molecule has 1 N–H and O–H groups in total. The van der Waals surface area contributed by atoms with E-state index in [-0.39, 0.29) is 5.91 Å². The predicted molar refractivity (Wildman–Crippen MR) is 67.3 cm³/mol. The van der Waals surface area contributed by atoms with Gasteiger partial charge >= 0.3 is 0 Å². The number of carbonyl (C=O) groups excluding carboxylic acids is 1. The van der Waals surface area contributed by atoms with Gasteiger partial charge in [0.25, 0.3) is 0 Å². The summed E-state index contributed by atoms with van der Waals surface area (Å²) in [6.45, 7) is 6.61. The number of piperidine rings is 1. The molecule has 0 bridgehead atoms. The first-order chi connectivity index (χ1) is 8.11. The highest BCUT2D eigenvalue weighted by Gasteiger charge is 2.20. The van der Waals surface area contributed by atoms with Gasteiger partial charge in [-0.1, -0.05) is 13.8 Å². The molecule has 4 nitrogen and oxygen atoms in total. The third-order valence-corrected chi connectivity index (χ3v) is 3.20. The summed E-state index contributed by atoms with van der Waals surface area (Å²) in [5.74, 6) is 0.760. The Morgan fingerprint density at radius 2 is 2.12 bits per heavy atom. The molecule has 4 heteroatoms. The highest BCUT2D eigenvalue weighted by atomic mass is 16.1. The van der Waals surface area contributed by atoms with Gasteiger partial charge in [-0.05, 0) is 25.2 Å². The molecular formula is C13H23N3O. The minimum atomic E-state index is 0.178. The van der Waals surface area contributed by atoms with Gasteiger partial charge in [0.05, 0.1) is 12.6 Å². The second-order valence-electron chi connectivity index (χ2n) is 5.21. The largest absolute Gasteiger partial charge is 0.353 e. The Hall–Kier alpha value is -1.08. The molecule has 0 aromatic heterocycles. The molecule has 1 rings (SSSR count). The first-order valence-corrected chi connectivity index (χ1v) is 6.50. The molecule has 1 aliphatic rings. The van der Waals surface area contributed by atoms with Crippen LogP contribution in [0.15, 0.2) is 0 Å². The lowest BCUT2D eigenvalue weighted by Gasteiger charge is -2.30. The monoisotopic (exact) mass is 237 g/mol. The fourth-order valence-electron chi connectivity index (χ4n) is 2.06. The lowest BCUT2D eigenvalue weighted by molar-refractivity contribution is -0.122. The van der Waals surface area contributed by atoms with Gasteiger partial charge in [0.15, 0.2) is 0 Å². The van der Waals surface area contributed by atoms with Gasteiger partial charge in [-0.25, -0.2) is 0 Å². The topological polar surface area (TPSA) is 56.1 Å². The smallest absolute Gasteiger partial charge is 0.220 e. The Morgan fingerprint density at radius 1 is 1.47 bits per heavy atom. The summed E-state index contributed by atoms with van der Waals surface area (Å²) in [7, 11) is 0. The quantitative estimate of drug-likeness (QED) is 0.738. The Morgan fingerprint density at radius 3 is 2.65 bits per heavy atom. The molecule has 0 saturated carbocycles. The van der Waals surface area contributed by atoms with Crippen LogP contribution in [0.5, 0.6) is 0 Å². The number of nitriles is 1. The van der Waals surface area contributed by atoms with Crippen LogP contribution in [0.2, 0.25) is 0 Å². The molecule has 1 saturated heterocycles. The van der Waals surface area contributed by atoms with Crippen LogP contribution >= 0.6 is 0 Å². The summed E-state index contributed by atoms with van der Waals surface area (Å²) in [5.41, 5.74) is 0. The first kappa shape index (κ1) is 14.0. The normalized spacial score (nSPS) is 18.0. The number of carbonyl (C=O) groups is 1. The Labute approximate surface area is 104 Å². The van der Waals surface area contributed by atoms with E-state index in [4.69, 9.17) is 5.26 Å². The molecule has 0 aliphatic carbocycles. The van der Waals surface area contributed by atoms with Gasteiger partial charge in [0.2, 0.25) is 5.91 Å². The number of likely N-dealkylation sites (tertiary alicyclic amines) is 1. The fraction of sp³-hybridized carbons (Fsp3) is 0.846. The summed E-state index contributed by atoms with van der Waals surface area (Å²) in [6.07, 6.45) is 3.53. The molecule has 96 valence electrons. The molecular weight excluding hydrogens is 214 g/mol. The highest BCUT2D eigenvalue weighted by molar-refractivity contribution is 5.76. The van der Waals surface area contributed by atoms with E-state index in [0.29, 0.717) is 24.9 Å². The van der Waals surface area contributed by atoms with Gasteiger partial charge in [-0.15, -0.1) is 0 Å². The van der Waals surface area contributed by atoms with E-state index in [2.05, 4.69) is 30.1 Å². The minimum Gasteiger partial charge on any atom is -0.353 e. The molecule has 0 unspecified atom stereocenters. The van der Waals surface area contributed by atoms with E-state index < -0.39 is 0 Å². The van der Waals surface area contributed by atoms with Crippen LogP contribution in [0.4, 0.5) is 0 Å².